The summed E-state index contributed by atoms with van der Waals surface area (Å²) in [6.45, 7) is 0. The minimum absolute atomic E-state index is 0.000972. The van der Waals surface area contributed by atoms with Crippen molar-refractivity contribution in [3.05, 3.63) is 48.0 Å². The highest BCUT2D eigenvalue weighted by Crippen LogP contribution is 2.31. The lowest BCUT2D eigenvalue weighted by molar-refractivity contribution is -0.137. The van der Waals surface area contributed by atoms with Crippen molar-refractivity contribution in [2.45, 2.75) is 6.18 Å². The average Bonchev–Trinajstić information content (AvgIpc) is 3.03. The third-order valence-electron chi connectivity index (χ3n) is 2.81. The molecule has 3 heterocycles. The van der Waals surface area contributed by atoms with Crippen molar-refractivity contribution < 1.29 is 17.6 Å². The summed E-state index contributed by atoms with van der Waals surface area (Å²) in [4.78, 5) is 4.13. The van der Waals surface area contributed by atoms with Crippen molar-refractivity contribution in [3.63, 3.8) is 0 Å². The molecule has 0 aromatic carbocycles. The molecule has 0 saturated carbocycles. The standard InChI is InChI=1S/C13H6F3N3O/c14-13(15,16)8-3-4-11-18-12(10-2-1-5-20-10)9(6-17)19(11)7-8/h1-5,7H. The molecule has 0 bridgehead atoms. The highest BCUT2D eigenvalue weighted by Gasteiger charge is 2.31. The van der Waals surface area contributed by atoms with E-state index in [1.165, 1.54) is 12.3 Å². The summed E-state index contributed by atoms with van der Waals surface area (Å²) in [5.74, 6) is 0.332. The Labute approximate surface area is 110 Å². The van der Waals surface area contributed by atoms with Crippen LogP contribution in [0.3, 0.4) is 0 Å². The van der Waals surface area contributed by atoms with E-state index in [4.69, 9.17) is 9.68 Å². The Morgan fingerprint density at radius 3 is 2.65 bits per heavy atom. The molecule has 3 rings (SSSR count). The van der Waals surface area contributed by atoms with Crippen molar-refractivity contribution >= 4 is 5.65 Å². The minimum atomic E-state index is -4.48. The zero-order chi connectivity index (χ0) is 14.3. The van der Waals surface area contributed by atoms with Crippen molar-refractivity contribution in [1.82, 2.24) is 9.38 Å². The van der Waals surface area contributed by atoms with E-state index in [1.54, 1.807) is 12.1 Å². The van der Waals surface area contributed by atoms with Crippen LogP contribution in [0.2, 0.25) is 0 Å². The van der Waals surface area contributed by atoms with E-state index < -0.39 is 11.7 Å². The third kappa shape index (κ3) is 1.82. The summed E-state index contributed by atoms with van der Waals surface area (Å²) < 4.78 is 44.3. The Kier molecular flexibility index (Phi) is 2.54. The molecule has 0 saturated heterocycles. The number of imidazole rings is 1. The molecule has 3 aromatic rings. The molecule has 0 fully saturated rings. The molecule has 3 aromatic heterocycles. The Morgan fingerprint density at radius 2 is 2.05 bits per heavy atom. The highest BCUT2D eigenvalue weighted by atomic mass is 19.4. The number of hydrogen-bond acceptors (Lipinski definition) is 3. The SMILES string of the molecule is N#Cc1c(-c2ccco2)nc2ccc(C(F)(F)F)cn12. The molecule has 0 aliphatic heterocycles. The number of halogens is 3. The van der Waals surface area contributed by atoms with Crippen LogP contribution in [0.15, 0.2) is 41.1 Å². The lowest BCUT2D eigenvalue weighted by Gasteiger charge is -2.06. The molecule has 0 atom stereocenters. The first-order valence-electron chi connectivity index (χ1n) is 5.54. The van der Waals surface area contributed by atoms with Gasteiger partial charge < -0.3 is 4.42 Å². The van der Waals surface area contributed by atoms with Crippen LogP contribution in [-0.2, 0) is 6.18 Å². The van der Waals surface area contributed by atoms with Crippen LogP contribution >= 0.6 is 0 Å². The van der Waals surface area contributed by atoms with Gasteiger partial charge in [0, 0.05) is 6.20 Å². The lowest BCUT2D eigenvalue weighted by Crippen LogP contribution is -2.06. The monoisotopic (exact) mass is 277 g/mol. The zero-order valence-corrected chi connectivity index (χ0v) is 9.85. The van der Waals surface area contributed by atoms with E-state index >= 15 is 0 Å². The second-order valence-corrected chi connectivity index (χ2v) is 4.04. The van der Waals surface area contributed by atoms with E-state index in [9.17, 15) is 13.2 Å². The Morgan fingerprint density at radius 1 is 1.25 bits per heavy atom. The van der Waals surface area contributed by atoms with Gasteiger partial charge in [0.1, 0.15) is 17.4 Å². The predicted octanol–water partition coefficient (Wildman–Crippen LogP) is 3.48. The van der Waals surface area contributed by atoms with Gasteiger partial charge in [-0.05, 0) is 24.3 Å². The first kappa shape index (κ1) is 12.3. The van der Waals surface area contributed by atoms with Gasteiger partial charge in [-0.15, -0.1) is 0 Å². The van der Waals surface area contributed by atoms with Crippen LogP contribution in [0.5, 0.6) is 0 Å². The maximum Gasteiger partial charge on any atom is 0.417 e. The number of rotatable bonds is 1. The number of hydrogen-bond donors (Lipinski definition) is 0. The third-order valence-corrected chi connectivity index (χ3v) is 2.81. The number of furan rings is 1. The van der Waals surface area contributed by atoms with Gasteiger partial charge in [-0.3, -0.25) is 4.40 Å². The minimum Gasteiger partial charge on any atom is -0.463 e. The van der Waals surface area contributed by atoms with Crippen molar-refractivity contribution in [2.75, 3.05) is 0 Å². The van der Waals surface area contributed by atoms with Crippen LogP contribution in [-0.4, -0.2) is 9.38 Å². The van der Waals surface area contributed by atoms with Gasteiger partial charge in [0.2, 0.25) is 0 Å². The van der Waals surface area contributed by atoms with Gasteiger partial charge >= 0.3 is 6.18 Å². The van der Waals surface area contributed by atoms with Crippen molar-refractivity contribution in [1.29, 1.82) is 5.26 Å². The van der Waals surface area contributed by atoms with Crippen LogP contribution < -0.4 is 0 Å². The van der Waals surface area contributed by atoms with Crippen LogP contribution in [0.4, 0.5) is 13.2 Å². The smallest absolute Gasteiger partial charge is 0.417 e. The van der Waals surface area contributed by atoms with Crippen molar-refractivity contribution in [2.24, 2.45) is 0 Å². The van der Waals surface area contributed by atoms with E-state index in [2.05, 4.69) is 4.98 Å². The number of nitrogens with zero attached hydrogens (tertiary/aromatic N) is 3. The Bertz CT molecular complexity index is 810. The molecular formula is C13H6F3N3O. The first-order chi connectivity index (χ1) is 9.50. The largest absolute Gasteiger partial charge is 0.463 e. The van der Waals surface area contributed by atoms with Gasteiger partial charge in [0.05, 0.1) is 11.8 Å². The fraction of sp³-hybridized carbons (Fsp3) is 0.0769. The van der Waals surface area contributed by atoms with Crippen molar-refractivity contribution in [3.8, 4) is 17.5 Å². The van der Waals surface area contributed by atoms with Crippen LogP contribution in [0, 0.1) is 11.3 Å². The summed E-state index contributed by atoms with van der Waals surface area (Å²) in [6.07, 6.45) is -2.22. The van der Waals surface area contributed by atoms with E-state index in [-0.39, 0.29) is 17.0 Å². The first-order valence-corrected chi connectivity index (χ1v) is 5.54. The second-order valence-electron chi connectivity index (χ2n) is 4.04. The molecule has 20 heavy (non-hydrogen) atoms. The second kappa shape index (κ2) is 4.13. The summed E-state index contributed by atoms with van der Waals surface area (Å²) >= 11 is 0. The number of pyridine rings is 1. The van der Waals surface area contributed by atoms with Gasteiger partial charge in [-0.2, -0.15) is 18.4 Å². The molecular weight excluding hydrogens is 271 g/mol. The molecule has 0 aliphatic carbocycles. The summed E-state index contributed by atoms with van der Waals surface area (Å²) in [6, 6.07) is 7.21. The molecule has 4 nitrogen and oxygen atoms in total. The molecule has 0 unspecified atom stereocenters. The fourth-order valence-corrected chi connectivity index (χ4v) is 1.90. The number of aromatic nitrogens is 2. The zero-order valence-electron chi connectivity index (χ0n) is 9.85. The molecule has 0 aliphatic rings. The summed E-state index contributed by atoms with van der Waals surface area (Å²) in [5, 5.41) is 9.16. The molecule has 7 heteroatoms. The summed E-state index contributed by atoms with van der Waals surface area (Å²) in [5.41, 5.74) is -0.372. The van der Waals surface area contributed by atoms with Gasteiger partial charge in [-0.25, -0.2) is 4.98 Å². The van der Waals surface area contributed by atoms with E-state index in [0.717, 1.165) is 16.7 Å². The van der Waals surface area contributed by atoms with Gasteiger partial charge in [-0.1, -0.05) is 0 Å². The Balaban J connectivity index is 2.29. The van der Waals surface area contributed by atoms with Crippen LogP contribution in [0.1, 0.15) is 11.3 Å². The molecule has 100 valence electrons. The normalized spacial score (nSPS) is 11.7. The molecule has 0 amide bonds. The van der Waals surface area contributed by atoms with Gasteiger partial charge in [0.15, 0.2) is 11.5 Å². The van der Waals surface area contributed by atoms with E-state index in [0.29, 0.717) is 5.76 Å². The topological polar surface area (TPSA) is 54.2 Å². The van der Waals surface area contributed by atoms with Crippen LogP contribution in [0.25, 0.3) is 17.1 Å². The average molecular weight is 277 g/mol. The lowest BCUT2D eigenvalue weighted by atomic mass is 10.2. The highest BCUT2D eigenvalue weighted by molar-refractivity contribution is 5.65. The maximum absolute atomic E-state index is 12.7. The summed E-state index contributed by atoms with van der Waals surface area (Å²) in [7, 11) is 0. The fourth-order valence-electron chi connectivity index (χ4n) is 1.90. The molecule has 0 N–H and O–H groups in total. The molecule has 0 spiro atoms. The number of fused-ring (bicyclic) bond motifs is 1. The molecule has 0 radical (unpaired) electrons. The number of alkyl halides is 3. The number of nitriles is 1. The Hall–Kier alpha value is -2.75. The maximum atomic E-state index is 12.7. The predicted molar refractivity (Wildman–Crippen MR) is 62.6 cm³/mol. The van der Waals surface area contributed by atoms with Gasteiger partial charge in [0.25, 0.3) is 0 Å². The van der Waals surface area contributed by atoms with E-state index in [1.807, 2.05) is 6.07 Å². The quantitative estimate of drug-likeness (QED) is 0.684.